The van der Waals surface area contributed by atoms with Crippen LogP contribution in [0.1, 0.15) is 50.0 Å². The van der Waals surface area contributed by atoms with Crippen molar-refractivity contribution in [2.75, 3.05) is 6.54 Å². The molecular weight excluding hydrogens is 280 g/mol. The van der Waals surface area contributed by atoms with Gasteiger partial charge in [0.15, 0.2) is 0 Å². The van der Waals surface area contributed by atoms with Crippen molar-refractivity contribution in [2.45, 2.75) is 51.0 Å². The van der Waals surface area contributed by atoms with Gasteiger partial charge in [0, 0.05) is 19.3 Å². The van der Waals surface area contributed by atoms with Crippen LogP contribution in [0.2, 0.25) is 0 Å². The molecule has 0 aromatic carbocycles. The highest BCUT2D eigenvalue weighted by molar-refractivity contribution is 7.89. The van der Waals surface area contributed by atoms with Crippen LogP contribution in [0.4, 0.5) is 0 Å². The van der Waals surface area contributed by atoms with Crippen molar-refractivity contribution in [3.8, 4) is 0 Å². The molecule has 0 radical (unpaired) electrons. The topological polar surface area (TPSA) is 88.4 Å². The van der Waals surface area contributed by atoms with Gasteiger partial charge in [-0.15, -0.1) is 0 Å². The summed E-state index contributed by atoms with van der Waals surface area (Å²) >= 11 is 0. The van der Waals surface area contributed by atoms with Gasteiger partial charge < -0.3 is 9.67 Å². The summed E-state index contributed by atoms with van der Waals surface area (Å²) in [6.45, 7) is 4.80. The SMILES string of the molecule is CCCCCNS(=O)(=O)c1cc(C(=O)O)n(CCC)c1. The molecule has 0 aliphatic rings. The molecule has 0 aliphatic heterocycles. The van der Waals surface area contributed by atoms with Gasteiger partial charge in [-0.25, -0.2) is 17.9 Å². The molecule has 0 saturated heterocycles. The summed E-state index contributed by atoms with van der Waals surface area (Å²) in [7, 11) is -3.63. The number of nitrogens with zero attached hydrogens (tertiary/aromatic N) is 1. The van der Waals surface area contributed by atoms with E-state index in [2.05, 4.69) is 4.72 Å². The van der Waals surface area contributed by atoms with E-state index in [4.69, 9.17) is 5.11 Å². The number of aromatic nitrogens is 1. The summed E-state index contributed by atoms with van der Waals surface area (Å²) in [6.07, 6.45) is 4.86. The number of hydrogen-bond acceptors (Lipinski definition) is 3. The molecule has 1 aromatic rings. The smallest absolute Gasteiger partial charge is 0.352 e. The molecule has 1 aromatic heterocycles. The Kier molecular flexibility index (Phi) is 6.22. The van der Waals surface area contributed by atoms with Crippen molar-refractivity contribution >= 4 is 16.0 Å². The van der Waals surface area contributed by atoms with E-state index in [9.17, 15) is 13.2 Å². The van der Waals surface area contributed by atoms with Crippen molar-refractivity contribution in [1.29, 1.82) is 0 Å². The molecule has 20 heavy (non-hydrogen) atoms. The Labute approximate surface area is 119 Å². The van der Waals surface area contributed by atoms with Crippen molar-refractivity contribution < 1.29 is 18.3 Å². The third kappa shape index (κ3) is 4.35. The minimum Gasteiger partial charge on any atom is -0.477 e. The molecule has 1 rings (SSSR count). The summed E-state index contributed by atoms with van der Waals surface area (Å²) in [4.78, 5) is 11.1. The molecule has 0 fully saturated rings. The molecule has 0 atom stereocenters. The molecule has 7 heteroatoms. The number of carbonyl (C=O) groups is 1. The Morgan fingerprint density at radius 1 is 1.30 bits per heavy atom. The number of unbranched alkanes of at least 4 members (excludes halogenated alkanes) is 2. The minimum absolute atomic E-state index is 0.000725. The van der Waals surface area contributed by atoms with E-state index in [0.717, 1.165) is 25.7 Å². The highest BCUT2D eigenvalue weighted by Crippen LogP contribution is 2.15. The standard InChI is InChI=1S/C13H22N2O4S/c1-3-5-6-7-14-20(18,19)11-9-12(13(16)17)15(10-11)8-4-2/h9-10,14H,3-8H2,1-2H3,(H,16,17). The molecule has 0 saturated carbocycles. The summed E-state index contributed by atoms with van der Waals surface area (Å²) in [5, 5.41) is 9.08. The Hall–Kier alpha value is -1.34. The number of rotatable bonds is 9. The molecule has 1 heterocycles. The predicted molar refractivity (Wildman–Crippen MR) is 76.4 cm³/mol. The van der Waals surface area contributed by atoms with Gasteiger partial charge in [0.05, 0.1) is 0 Å². The fourth-order valence-electron chi connectivity index (χ4n) is 1.90. The van der Waals surface area contributed by atoms with Gasteiger partial charge >= 0.3 is 5.97 Å². The van der Waals surface area contributed by atoms with E-state index < -0.39 is 16.0 Å². The normalized spacial score (nSPS) is 11.7. The first-order valence-electron chi connectivity index (χ1n) is 6.85. The Morgan fingerprint density at radius 3 is 2.55 bits per heavy atom. The third-order valence-electron chi connectivity index (χ3n) is 2.94. The summed E-state index contributed by atoms with van der Waals surface area (Å²) in [5.41, 5.74) is 0.000725. The van der Waals surface area contributed by atoms with Gasteiger partial charge in [-0.05, 0) is 18.9 Å². The van der Waals surface area contributed by atoms with E-state index in [1.54, 1.807) is 0 Å². The summed E-state index contributed by atoms with van der Waals surface area (Å²) in [6, 6.07) is 1.21. The van der Waals surface area contributed by atoms with E-state index in [-0.39, 0.29) is 10.6 Å². The predicted octanol–water partition coefficient (Wildman–Crippen LogP) is 2.06. The molecule has 0 unspecified atom stereocenters. The summed E-state index contributed by atoms with van der Waals surface area (Å²) < 4.78 is 28.1. The molecule has 6 nitrogen and oxygen atoms in total. The first-order valence-corrected chi connectivity index (χ1v) is 8.33. The van der Waals surface area contributed by atoms with Crippen molar-refractivity contribution in [3.05, 3.63) is 18.0 Å². The molecule has 0 amide bonds. The van der Waals surface area contributed by atoms with E-state index in [1.807, 2.05) is 13.8 Å². The van der Waals surface area contributed by atoms with Crippen molar-refractivity contribution in [3.63, 3.8) is 0 Å². The van der Waals surface area contributed by atoms with Crippen LogP contribution >= 0.6 is 0 Å². The number of sulfonamides is 1. The van der Waals surface area contributed by atoms with Gasteiger partial charge in [-0.1, -0.05) is 26.7 Å². The third-order valence-corrected chi connectivity index (χ3v) is 4.37. The second kappa shape index (κ2) is 7.44. The van der Waals surface area contributed by atoms with Crippen LogP contribution in [0.25, 0.3) is 0 Å². The maximum Gasteiger partial charge on any atom is 0.352 e. The second-order valence-corrected chi connectivity index (χ2v) is 6.43. The average molecular weight is 302 g/mol. The highest BCUT2D eigenvalue weighted by Gasteiger charge is 2.20. The van der Waals surface area contributed by atoms with Crippen LogP contribution in [0.3, 0.4) is 0 Å². The number of aromatic carboxylic acids is 1. The van der Waals surface area contributed by atoms with Crippen LogP contribution in [0.5, 0.6) is 0 Å². The monoisotopic (exact) mass is 302 g/mol. The number of nitrogens with one attached hydrogen (secondary N) is 1. The number of carboxylic acid groups (broad SMARTS) is 1. The van der Waals surface area contributed by atoms with Gasteiger partial charge in [0.2, 0.25) is 10.0 Å². The molecule has 2 N–H and O–H groups in total. The van der Waals surface area contributed by atoms with E-state index in [0.29, 0.717) is 13.1 Å². The first-order chi connectivity index (χ1) is 9.42. The molecule has 0 aliphatic carbocycles. The van der Waals surface area contributed by atoms with Gasteiger partial charge in [0.25, 0.3) is 0 Å². The number of hydrogen-bond donors (Lipinski definition) is 2. The van der Waals surface area contributed by atoms with Crippen LogP contribution in [0.15, 0.2) is 17.2 Å². The summed E-state index contributed by atoms with van der Waals surface area (Å²) in [5.74, 6) is -1.12. The zero-order valence-electron chi connectivity index (χ0n) is 11.9. The number of aryl methyl sites for hydroxylation is 1. The molecule has 0 bridgehead atoms. The quantitative estimate of drug-likeness (QED) is 0.683. The molecular formula is C13H22N2O4S. The lowest BCUT2D eigenvalue weighted by Gasteiger charge is -2.04. The van der Waals surface area contributed by atoms with E-state index in [1.165, 1.54) is 16.8 Å². The Bertz CT molecular complexity index is 549. The van der Waals surface area contributed by atoms with Crippen LogP contribution in [0, 0.1) is 0 Å². The van der Waals surface area contributed by atoms with Gasteiger partial charge in [0.1, 0.15) is 10.6 Å². The Morgan fingerprint density at radius 2 is 2.00 bits per heavy atom. The first kappa shape index (κ1) is 16.7. The van der Waals surface area contributed by atoms with Crippen LogP contribution in [-0.4, -0.2) is 30.6 Å². The largest absolute Gasteiger partial charge is 0.477 e. The highest BCUT2D eigenvalue weighted by atomic mass is 32.2. The minimum atomic E-state index is -3.63. The maximum absolute atomic E-state index is 12.1. The van der Waals surface area contributed by atoms with Crippen molar-refractivity contribution in [1.82, 2.24) is 9.29 Å². The lowest BCUT2D eigenvalue weighted by Crippen LogP contribution is -2.24. The second-order valence-electron chi connectivity index (χ2n) is 4.66. The maximum atomic E-state index is 12.1. The lowest BCUT2D eigenvalue weighted by molar-refractivity contribution is 0.0685. The van der Waals surface area contributed by atoms with Crippen LogP contribution < -0.4 is 4.72 Å². The molecule has 114 valence electrons. The zero-order valence-corrected chi connectivity index (χ0v) is 12.7. The fourth-order valence-corrected chi connectivity index (χ4v) is 3.01. The lowest BCUT2D eigenvalue weighted by atomic mass is 10.3. The number of carboxylic acids is 1. The van der Waals surface area contributed by atoms with E-state index >= 15 is 0 Å². The fraction of sp³-hybridized carbons (Fsp3) is 0.615. The van der Waals surface area contributed by atoms with Crippen LogP contribution in [-0.2, 0) is 16.6 Å². The average Bonchev–Trinajstić information content (AvgIpc) is 2.80. The van der Waals surface area contributed by atoms with Crippen molar-refractivity contribution in [2.24, 2.45) is 0 Å². The zero-order chi connectivity index (χ0) is 15.2. The Balaban J connectivity index is 2.89. The van der Waals surface area contributed by atoms with Gasteiger partial charge in [-0.3, -0.25) is 0 Å². The molecule has 0 spiro atoms. The van der Waals surface area contributed by atoms with Gasteiger partial charge in [-0.2, -0.15) is 0 Å².